The van der Waals surface area contributed by atoms with Crippen molar-refractivity contribution in [2.45, 2.75) is 124 Å². The van der Waals surface area contributed by atoms with Crippen LogP contribution in [0.4, 0.5) is 20.2 Å². The highest BCUT2D eigenvalue weighted by atomic mass is 19.1. The molecule has 0 atom stereocenters. The minimum atomic E-state index is -0.430. The van der Waals surface area contributed by atoms with Gasteiger partial charge >= 0.3 is 0 Å². The first-order valence-electron chi connectivity index (χ1n) is 40.2. The molecule has 10 aromatic rings. The molecule has 0 unspecified atom stereocenters. The van der Waals surface area contributed by atoms with E-state index in [1.807, 2.05) is 60.7 Å². The number of piperazine rings is 2. The second kappa shape index (κ2) is 41.5. The van der Waals surface area contributed by atoms with Gasteiger partial charge in [0.2, 0.25) is 0 Å². The molecule has 4 saturated heterocycles. The molecule has 0 bridgehead atoms. The molecule has 4 amide bonds. The maximum absolute atomic E-state index is 15.2. The Hall–Kier alpha value is -10.8. The van der Waals surface area contributed by atoms with E-state index >= 15 is 4.39 Å². The number of aliphatic hydroxyl groups is 2. The van der Waals surface area contributed by atoms with E-state index in [1.165, 1.54) is 12.1 Å². The topological polar surface area (TPSA) is 300 Å². The molecule has 0 spiro atoms. The molecule has 9 N–H and O–H groups in total. The third-order valence-corrected chi connectivity index (χ3v) is 21.4. The highest BCUT2D eigenvalue weighted by Crippen LogP contribution is 2.35. The molecule has 4 aliphatic rings. The maximum Gasteiger partial charge on any atom is 0.251 e. The quantitative estimate of drug-likeness (QED) is 0.0197. The Labute approximate surface area is 670 Å². The summed E-state index contributed by atoms with van der Waals surface area (Å²) in [6.45, 7) is 23.9. The summed E-state index contributed by atoms with van der Waals surface area (Å²) in [5.74, 6) is -2.09. The monoisotopic (exact) mass is 1570 g/mol. The van der Waals surface area contributed by atoms with E-state index in [0.29, 0.717) is 122 Å². The van der Waals surface area contributed by atoms with Crippen LogP contribution in [-0.4, -0.2) is 202 Å². The standard InChI is InChI=1S/C44H53FN8O4.C38H39FN6O4.C6H14N2O/c1-3-40-37(41(49-35-13-21-57-22-14-35)38-28-48-53(4-2)42(38)50-40)27-47-44(56)34-10-6-9-33(25-34)43(55)46-26-30-11-12-39(45)36(24-30)32-8-5-7-31(23-32)29-52-17-15-51(16-18-52)19-20-54;1-3-34-31(35(43-29-13-15-49-16-14-29)32-22-42-45(4-2)36(32)44-34)21-41-38(48)28-10-6-9-27(19-28)37(47)40-20-24-11-12-33(39)30(18-24)26-8-5-7-25(17-26)23-46;9-6-5-8-3-1-7-2-4-8/h5-12,23-25,28,35,54H,3-4,13-22,26-27,29H2,1-2H3,(H,46,55)(H,47,56)(H,49,50);5-12,17-19,22-23,29H,3-4,13-16,20-21H2,1-2H3,(H,40,47)(H,41,48)(H,43,44);7,9H,1-6H2. The van der Waals surface area contributed by atoms with E-state index < -0.39 is 5.82 Å². The van der Waals surface area contributed by atoms with Crippen LogP contribution in [0.1, 0.15) is 144 Å². The van der Waals surface area contributed by atoms with Crippen molar-refractivity contribution in [2.24, 2.45) is 0 Å². The van der Waals surface area contributed by atoms with Gasteiger partial charge in [-0.1, -0.05) is 74.5 Å². The fraction of sp³-hybridized carbons (Fsp3) is 0.398. The number of pyridine rings is 2. The number of aldehydes is 1. The number of halogens is 2. The van der Waals surface area contributed by atoms with Crippen LogP contribution in [0.2, 0.25) is 0 Å². The summed E-state index contributed by atoms with van der Waals surface area (Å²) < 4.78 is 44.8. The summed E-state index contributed by atoms with van der Waals surface area (Å²) in [7, 11) is 0. The van der Waals surface area contributed by atoms with Crippen LogP contribution in [0.5, 0.6) is 0 Å². The third kappa shape index (κ3) is 22.0. The second-order valence-corrected chi connectivity index (χ2v) is 29.1. The van der Waals surface area contributed by atoms with Crippen molar-refractivity contribution in [1.82, 2.24) is 70.8 Å². The number of aryl methyl sites for hydroxylation is 4. The minimum absolute atomic E-state index is 0.142. The predicted octanol–water partition coefficient (Wildman–Crippen LogP) is 10.3. The van der Waals surface area contributed by atoms with Gasteiger partial charge in [0.15, 0.2) is 11.3 Å². The molecule has 0 saturated carbocycles. The number of fused-ring (bicyclic) bond motifs is 2. The number of ether oxygens (including phenoxy) is 2. The first kappa shape index (κ1) is 83.7. The van der Waals surface area contributed by atoms with E-state index in [9.17, 15) is 33.5 Å². The number of β-amino-alcohol motifs (C(OH)–C–C–N with tert-alkyl or cyclic N) is 2. The highest BCUT2D eigenvalue weighted by molar-refractivity contribution is 6.01. The molecule has 4 aromatic heterocycles. The van der Waals surface area contributed by atoms with Crippen molar-refractivity contribution < 1.29 is 52.4 Å². The Balaban J connectivity index is 0.000000193. The number of carbonyl (C=O) groups is 5. The molecule has 0 radical (unpaired) electrons. The van der Waals surface area contributed by atoms with Crippen LogP contribution in [0.25, 0.3) is 44.3 Å². The van der Waals surface area contributed by atoms with Gasteiger partial charge in [-0.3, -0.25) is 38.7 Å². The summed E-state index contributed by atoms with van der Waals surface area (Å²) in [6.07, 6.45) is 9.28. The van der Waals surface area contributed by atoms with Crippen LogP contribution in [0, 0.1) is 11.6 Å². The van der Waals surface area contributed by atoms with Gasteiger partial charge in [-0.05, 0) is 153 Å². The zero-order valence-corrected chi connectivity index (χ0v) is 66.1. The largest absolute Gasteiger partial charge is 0.395 e. The number of carbonyl (C=O) groups excluding carboxylic acids is 5. The molecule has 4 fully saturated rings. The number of nitrogens with one attached hydrogen (secondary N) is 7. The highest BCUT2D eigenvalue weighted by Gasteiger charge is 2.27. The molecule has 4 aliphatic heterocycles. The summed E-state index contributed by atoms with van der Waals surface area (Å²) in [5, 5.41) is 51.4. The van der Waals surface area contributed by atoms with Gasteiger partial charge in [0.05, 0.1) is 47.8 Å². The van der Waals surface area contributed by atoms with Crippen molar-refractivity contribution in [3.63, 3.8) is 0 Å². The lowest BCUT2D eigenvalue weighted by Crippen LogP contribution is -2.46. The number of amides is 4. The zero-order valence-electron chi connectivity index (χ0n) is 66.1. The van der Waals surface area contributed by atoms with Crippen LogP contribution >= 0.6 is 0 Å². The first-order valence-corrected chi connectivity index (χ1v) is 40.2. The van der Waals surface area contributed by atoms with Gasteiger partial charge in [0.1, 0.15) is 17.9 Å². The van der Waals surface area contributed by atoms with Crippen LogP contribution < -0.4 is 37.2 Å². The van der Waals surface area contributed by atoms with Crippen LogP contribution in [0.15, 0.2) is 146 Å². The average molecular weight is 1570 g/mol. The van der Waals surface area contributed by atoms with Crippen molar-refractivity contribution in [3.05, 3.63) is 225 Å². The molecular weight excluding hydrogens is 1460 g/mol. The second-order valence-electron chi connectivity index (χ2n) is 29.1. The molecule has 25 nitrogen and oxygen atoms in total. The van der Waals surface area contributed by atoms with Gasteiger partial charge in [-0.2, -0.15) is 10.2 Å². The van der Waals surface area contributed by atoms with E-state index in [2.05, 4.69) is 75.1 Å². The van der Waals surface area contributed by atoms with Gasteiger partial charge in [0, 0.05) is 211 Å². The van der Waals surface area contributed by atoms with E-state index in [0.717, 1.165) is 164 Å². The number of hydrogen-bond acceptors (Lipinski definition) is 19. The molecule has 0 aliphatic carbocycles. The number of nitrogens with zero attached hydrogens (tertiary/aromatic N) is 9. The van der Waals surface area contributed by atoms with Gasteiger partial charge < -0.3 is 56.9 Å². The normalized spacial score (nSPS) is 15.1. The Morgan fingerprint density at radius 2 is 0.913 bits per heavy atom. The van der Waals surface area contributed by atoms with Crippen molar-refractivity contribution >= 4 is 63.4 Å². The fourth-order valence-electron chi connectivity index (χ4n) is 15.0. The molecule has 606 valence electrons. The minimum Gasteiger partial charge on any atom is -0.395 e. The summed E-state index contributed by atoms with van der Waals surface area (Å²) in [6, 6.07) is 37.8. The lowest BCUT2D eigenvalue weighted by atomic mass is 10.00. The molecule has 115 heavy (non-hydrogen) atoms. The lowest BCUT2D eigenvalue weighted by molar-refractivity contribution is 0.0903. The molecule has 8 heterocycles. The number of rotatable bonds is 29. The number of anilines is 2. The molecule has 14 rings (SSSR count). The fourth-order valence-corrected chi connectivity index (χ4v) is 15.0. The Bertz CT molecular complexity index is 4970. The number of benzene rings is 6. The van der Waals surface area contributed by atoms with E-state index in [1.54, 1.807) is 97.1 Å². The third-order valence-electron chi connectivity index (χ3n) is 21.4. The van der Waals surface area contributed by atoms with Crippen LogP contribution in [-0.2, 0) is 68.1 Å². The Kier molecular flexibility index (Phi) is 30.2. The maximum atomic E-state index is 15.2. The zero-order chi connectivity index (χ0) is 80.6. The Morgan fingerprint density at radius 1 is 0.496 bits per heavy atom. The first-order chi connectivity index (χ1) is 56.1. The summed E-state index contributed by atoms with van der Waals surface area (Å²) >= 11 is 0. The predicted molar refractivity (Wildman–Crippen MR) is 442 cm³/mol. The average Bonchev–Trinajstić information content (AvgIpc) is 1.65. The lowest BCUT2D eigenvalue weighted by Gasteiger charge is -2.34. The number of aliphatic hydroxyl groups excluding tert-OH is 2. The smallest absolute Gasteiger partial charge is 0.251 e. The van der Waals surface area contributed by atoms with Crippen LogP contribution in [0.3, 0.4) is 0 Å². The molecular formula is C88H106F2N16O9. The van der Waals surface area contributed by atoms with Crippen molar-refractivity contribution in [1.29, 1.82) is 0 Å². The Morgan fingerprint density at radius 3 is 1.35 bits per heavy atom. The summed E-state index contributed by atoms with van der Waals surface area (Å²) in [5.41, 5.74) is 13.6. The van der Waals surface area contributed by atoms with Gasteiger partial charge in [-0.15, -0.1) is 0 Å². The molecule has 6 aromatic carbocycles. The summed E-state index contributed by atoms with van der Waals surface area (Å²) in [4.78, 5) is 81.6. The number of hydrogen-bond donors (Lipinski definition) is 9. The SMILES string of the molecule is CCc1nc2c(cnn2CC)c(NC2CCOCC2)c1CNC(=O)c1cccc(C(=O)NCc2ccc(F)c(-c3cccc(C=O)c3)c2)c1.CCc1nc2c(cnn2CC)c(NC2CCOCC2)c1CNC(=O)c1cccc(C(=O)NCc2ccc(F)c(-c3cccc(CN4CCN(CCO)CC4)c3)c2)c1.OCCN1CCNCC1. The van der Waals surface area contributed by atoms with Gasteiger partial charge in [0.25, 0.3) is 23.6 Å². The van der Waals surface area contributed by atoms with Crippen molar-refractivity contribution in [2.75, 3.05) is 116 Å². The van der Waals surface area contributed by atoms with E-state index in [-0.39, 0.29) is 74.3 Å². The van der Waals surface area contributed by atoms with Gasteiger partial charge in [-0.25, -0.2) is 28.1 Å². The van der Waals surface area contributed by atoms with E-state index in [4.69, 9.17) is 24.5 Å². The van der Waals surface area contributed by atoms with Crippen molar-refractivity contribution in [3.8, 4) is 22.3 Å². The molecule has 27 heteroatoms. The number of aromatic nitrogens is 6.